The van der Waals surface area contributed by atoms with Gasteiger partial charge >= 0.3 is 11.8 Å². The van der Waals surface area contributed by atoms with Crippen LogP contribution >= 0.6 is 0 Å². The lowest BCUT2D eigenvalue weighted by Gasteiger charge is -2.24. The monoisotopic (exact) mass is 276 g/mol. The molecule has 0 saturated heterocycles. The summed E-state index contributed by atoms with van der Waals surface area (Å²) in [4.78, 5) is 10.5. The van der Waals surface area contributed by atoms with Crippen molar-refractivity contribution in [3.63, 3.8) is 0 Å². The van der Waals surface area contributed by atoms with Gasteiger partial charge < -0.3 is 9.64 Å². The smallest absolute Gasteiger partial charge is 0.428 e. The van der Waals surface area contributed by atoms with E-state index in [9.17, 15) is 23.3 Å². The molecule has 0 N–H and O–H groups in total. The maximum absolute atomic E-state index is 13.5. The van der Waals surface area contributed by atoms with Crippen molar-refractivity contribution in [2.24, 2.45) is 0 Å². The van der Waals surface area contributed by atoms with E-state index in [0.717, 1.165) is 17.0 Å². The summed E-state index contributed by atoms with van der Waals surface area (Å²) in [7, 11) is 2.69. The fourth-order valence-corrected chi connectivity index (χ4v) is 1.17. The molecule has 0 saturated carbocycles. The normalized spacial score (nSPS) is 11.0. The second-order valence-electron chi connectivity index (χ2n) is 3.83. The van der Waals surface area contributed by atoms with Crippen LogP contribution in [0.15, 0.2) is 30.5 Å². The second kappa shape index (κ2) is 5.17. The largest absolute Gasteiger partial charge is 0.441 e. The second-order valence-corrected chi connectivity index (χ2v) is 3.83. The summed E-state index contributed by atoms with van der Waals surface area (Å²) in [5.41, 5.74) is -1.45. The van der Waals surface area contributed by atoms with E-state index >= 15 is 0 Å². The first-order valence-corrected chi connectivity index (χ1v) is 5.02. The van der Waals surface area contributed by atoms with E-state index in [1.165, 1.54) is 14.1 Å². The van der Waals surface area contributed by atoms with Crippen molar-refractivity contribution >= 4 is 5.69 Å². The van der Waals surface area contributed by atoms with Crippen LogP contribution in [0.25, 0.3) is 0 Å². The van der Waals surface area contributed by atoms with Gasteiger partial charge in [0.05, 0.1) is 4.92 Å². The minimum absolute atomic E-state index is 0.523. The maximum atomic E-state index is 13.5. The summed E-state index contributed by atoms with van der Waals surface area (Å²) < 4.78 is 44.6. The molecular formula is C11H11F3N2O3. The molecule has 19 heavy (non-hydrogen) atoms. The van der Waals surface area contributed by atoms with Crippen molar-refractivity contribution in [3.05, 3.63) is 46.4 Å². The number of ether oxygens (including phenoxy) is 1. The molecule has 0 aliphatic rings. The molecule has 1 rings (SSSR count). The molecule has 0 heterocycles. The van der Waals surface area contributed by atoms with Crippen molar-refractivity contribution in [2.45, 2.75) is 6.11 Å². The van der Waals surface area contributed by atoms with Gasteiger partial charge in [-0.05, 0) is 6.07 Å². The minimum Gasteiger partial charge on any atom is -0.428 e. The molecular weight excluding hydrogens is 265 g/mol. The zero-order valence-corrected chi connectivity index (χ0v) is 10.2. The number of rotatable bonds is 5. The standard InChI is InChI=1S/C11H11F3N2O3/c1-7(15(2)3)11(13,14)19-8-4-5-10(16(17)18)9(12)6-8/h4-6H,1H2,2-3H3. The summed E-state index contributed by atoms with van der Waals surface area (Å²) in [5.74, 6) is -1.79. The van der Waals surface area contributed by atoms with E-state index < -0.39 is 34.0 Å². The van der Waals surface area contributed by atoms with Gasteiger partial charge in [-0.15, -0.1) is 0 Å². The molecule has 0 spiro atoms. The Bertz CT molecular complexity index is 518. The molecule has 8 heteroatoms. The van der Waals surface area contributed by atoms with Crippen LogP contribution in [0.5, 0.6) is 5.75 Å². The SMILES string of the molecule is C=C(N(C)C)C(F)(F)Oc1ccc([N+](=O)[O-])c(F)c1. The molecule has 1 aromatic carbocycles. The molecule has 0 radical (unpaired) electrons. The van der Waals surface area contributed by atoms with Gasteiger partial charge in [0.1, 0.15) is 11.4 Å². The highest BCUT2D eigenvalue weighted by Crippen LogP contribution is 2.30. The molecule has 0 unspecified atom stereocenters. The number of nitrogens with zero attached hydrogens (tertiary/aromatic N) is 2. The molecule has 5 nitrogen and oxygen atoms in total. The number of benzene rings is 1. The van der Waals surface area contributed by atoms with E-state index in [-0.39, 0.29) is 0 Å². The van der Waals surface area contributed by atoms with Crippen LogP contribution in [0.1, 0.15) is 0 Å². The number of likely N-dealkylation sites (N-methyl/N-ethyl adjacent to an activating group) is 1. The van der Waals surface area contributed by atoms with E-state index in [0.29, 0.717) is 6.07 Å². The molecule has 0 aliphatic carbocycles. The molecule has 104 valence electrons. The fraction of sp³-hybridized carbons (Fsp3) is 0.273. The lowest BCUT2D eigenvalue weighted by molar-refractivity contribution is -0.387. The lowest BCUT2D eigenvalue weighted by Crippen LogP contribution is -2.34. The Balaban J connectivity index is 2.98. The summed E-state index contributed by atoms with van der Waals surface area (Å²) in [6, 6.07) is 2.16. The molecule has 0 fully saturated rings. The number of hydrogen-bond acceptors (Lipinski definition) is 4. The molecule has 0 aromatic heterocycles. The first-order valence-electron chi connectivity index (χ1n) is 5.02. The van der Waals surface area contributed by atoms with Crippen molar-refractivity contribution in [1.29, 1.82) is 0 Å². The number of halogens is 3. The third-order valence-electron chi connectivity index (χ3n) is 2.24. The van der Waals surface area contributed by atoms with Crippen molar-refractivity contribution in [1.82, 2.24) is 4.90 Å². The van der Waals surface area contributed by atoms with Gasteiger partial charge in [0.2, 0.25) is 5.82 Å². The minimum atomic E-state index is -3.74. The Morgan fingerprint density at radius 1 is 1.47 bits per heavy atom. The average molecular weight is 276 g/mol. The average Bonchev–Trinajstić information content (AvgIpc) is 2.26. The number of alkyl halides is 2. The van der Waals surface area contributed by atoms with E-state index in [2.05, 4.69) is 11.3 Å². The van der Waals surface area contributed by atoms with Gasteiger partial charge in [0.25, 0.3) is 0 Å². The Labute approximate surface area is 107 Å². The summed E-state index contributed by atoms with van der Waals surface area (Å²) >= 11 is 0. The van der Waals surface area contributed by atoms with Crippen molar-refractivity contribution in [3.8, 4) is 5.75 Å². The van der Waals surface area contributed by atoms with Gasteiger partial charge in [-0.25, -0.2) is 0 Å². The predicted octanol–water partition coefficient (Wildman–Crippen LogP) is 2.78. The molecule has 0 aliphatic heterocycles. The first-order chi connectivity index (χ1) is 8.65. The van der Waals surface area contributed by atoms with Crippen molar-refractivity contribution in [2.75, 3.05) is 14.1 Å². The van der Waals surface area contributed by atoms with Crippen LogP contribution in [-0.4, -0.2) is 30.0 Å². The predicted molar refractivity (Wildman–Crippen MR) is 61.5 cm³/mol. The van der Waals surface area contributed by atoms with Gasteiger partial charge in [-0.2, -0.15) is 13.2 Å². The number of hydrogen-bond donors (Lipinski definition) is 0. The van der Waals surface area contributed by atoms with E-state index in [1.807, 2.05) is 0 Å². The summed E-state index contributed by atoms with van der Waals surface area (Å²) in [5, 5.41) is 10.4. The maximum Gasteiger partial charge on any atom is 0.441 e. The first kappa shape index (κ1) is 14.8. The lowest BCUT2D eigenvalue weighted by atomic mass is 10.3. The van der Waals surface area contributed by atoms with Crippen LogP contribution in [0, 0.1) is 15.9 Å². The number of nitro benzene ring substituents is 1. The summed E-state index contributed by atoms with van der Waals surface area (Å²) in [6.45, 7) is 3.14. The van der Waals surface area contributed by atoms with Gasteiger partial charge in [0.15, 0.2) is 0 Å². The zero-order valence-electron chi connectivity index (χ0n) is 10.2. The Morgan fingerprint density at radius 2 is 2.05 bits per heavy atom. The third-order valence-corrected chi connectivity index (χ3v) is 2.24. The summed E-state index contributed by atoms with van der Waals surface area (Å²) in [6.07, 6.45) is -3.74. The fourth-order valence-electron chi connectivity index (χ4n) is 1.17. The van der Waals surface area contributed by atoms with Gasteiger partial charge in [0, 0.05) is 26.2 Å². The highest BCUT2D eigenvalue weighted by Gasteiger charge is 2.37. The van der Waals surface area contributed by atoms with Crippen LogP contribution in [0.3, 0.4) is 0 Å². The van der Waals surface area contributed by atoms with Crippen molar-refractivity contribution < 1.29 is 22.8 Å². The van der Waals surface area contributed by atoms with E-state index in [4.69, 9.17) is 0 Å². The van der Waals surface area contributed by atoms with Gasteiger partial charge in [-0.1, -0.05) is 6.58 Å². The van der Waals surface area contributed by atoms with Crippen LogP contribution in [0.4, 0.5) is 18.9 Å². The molecule has 0 atom stereocenters. The topological polar surface area (TPSA) is 55.6 Å². The highest BCUT2D eigenvalue weighted by molar-refractivity contribution is 5.38. The zero-order chi connectivity index (χ0) is 14.8. The molecule has 0 bridgehead atoms. The third kappa shape index (κ3) is 3.36. The van der Waals surface area contributed by atoms with Crippen LogP contribution in [0.2, 0.25) is 0 Å². The molecule has 1 aromatic rings. The highest BCUT2D eigenvalue weighted by atomic mass is 19.3. The Hall–Kier alpha value is -2.25. The Morgan fingerprint density at radius 3 is 2.47 bits per heavy atom. The molecule has 0 amide bonds. The van der Waals surface area contributed by atoms with Gasteiger partial charge in [-0.3, -0.25) is 10.1 Å². The van der Waals surface area contributed by atoms with Crippen LogP contribution in [-0.2, 0) is 0 Å². The quantitative estimate of drug-likeness (QED) is 0.613. The Kier molecular flexibility index (Phi) is 4.03. The van der Waals surface area contributed by atoms with E-state index in [1.54, 1.807) is 0 Å². The number of nitro groups is 1. The van der Waals surface area contributed by atoms with Crippen LogP contribution < -0.4 is 4.74 Å².